The smallest absolute Gasteiger partial charge is 0.255 e. The first-order chi connectivity index (χ1) is 8.63. The number of nitrogens with one attached hydrogen (secondary N) is 1. The lowest BCUT2D eigenvalue weighted by atomic mass is 10.1. The van der Waals surface area contributed by atoms with Gasteiger partial charge in [0.2, 0.25) is 0 Å². The Labute approximate surface area is 111 Å². The van der Waals surface area contributed by atoms with Gasteiger partial charge in [-0.2, -0.15) is 0 Å². The van der Waals surface area contributed by atoms with Crippen molar-refractivity contribution in [2.24, 2.45) is 0 Å². The van der Waals surface area contributed by atoms with Crippen molar-refractivity contribution >= 4 is 23.3 Å². The Balaban J connectivity index is 2.21. The molecule has 18 heavy (non-hydrogen) atoms. The molecule has 1 unspecified atom stereocenters. The largest absolute Gasteiger partial charge is 0.379 e. The summed E-state index contributed by atoms with van der Waals surface area (Å²) in [5, 5.41) is 3.26. The molecule has 98 valence electrons. The molecule has 1 aromatic rings. The van der Waals surface area contributed by atoms with E-state index in [0.29, 0.717) is 29.6 Å². The monoisotopic (exact) mass is 269 g/mol. The molecular formula is C12H16ClN3O2. The van der Waals surface area contributed by atoms with Crippen LogP contribution in [-0.2, 0) is 4.74 Å². The molecule has 5 nitrogen and oxygen atoms in total. The van der Waals surface area contributed by atoms with Gasteiger partial charge in [-0.15, -0.1) is 0 Å². The summed E-state index contributed by atoms with van der Waals surface area (Å²) in [7, 11) is 3.52. The second kappa shape index (κ2) is 5.54. The lowest BCUT2D eigenvalue weighted by Gasteiger charge is -2.23. The summed E-state index contributed by atoms with van der Waals surface area (Å²) >= 11 is 6.03. The molecule has 1 saturated heterocycles. The van der Waals surface area contributed by atoms with E-state index in [1.54, 1.807) is 25.1 Å². The van der Waals surface area contributed by atoms with Gasteiger partial charge in [-0.05, 0) is 12.5 Å². The zero-order valence-electron chi connectivity index (χ0n) is 10.4. The first-order valence-electron chi connectivity index (χ1n) is 5.81. The van der Waals surface area contributed by atoms with Gasteiger partial charge < -0.3 is 15.0 Å². The summed E-state index contributed by atoms with van der Waals surface area (Å²) in [6.45, 7) is 1.29. The van der Waals surface area contributed by atoms with Crippen molar-refractivity contribution in [1.29, 1.82) is 0 Å². The number of aromatic nitrogens is 1. The van der Waals surface area contributed by atoms with Gasteiger partial charge in [0.25, 0.3) is 5.91 Å². The third kappa shape index (κ3) is 2.57. The Kier molecular flexibility index (Phi) is 4.04. The molecule has 2 rings (SSSR count). The van der Waals surface area contributed by atoms with E-state index in [9.17, 15) is 4.79 Å². The Hall–Kier alpha value is -1.33. The number of hydrogen-bond donors (Lipinski definition) is 1. The Bertz CT molecular complexity index is 447. The molecule has 1 aliphatic rings. The highest BCUT2D eigenvalue weighted by molar-refractivity contribution is 6.33. The van der Waals surface area contributed by atoms with Gasteiger partial charge in [-0.25, -0.2) is 4.98 Å². The minimum Gasteiger partial charge on any atom is -0.379 e. The molecule has 0 spiro atoms. The molecule has 1 N–H and O–H groups in total. The number of halogens is 1. The number of carbonyl (C=O) groups is 1. The van der Waals surface area contributed by atoms with Crippen molar-refractivity contribution in [3.63, 3.8) is 0 Å². The highest BCUT2D eigenvalue weighted by atomic mass is 35.5. The van der Waals surface area contributed by atoms with Crippen LogP contribution in [0.25, 0.3) is 0 Å². The molecule has 0 aromatic carbocycles. The first-order valence-corrected chi connectivity index (χ1v) is 6.19. The lowest BCUT2D eigenvalue weighted by molar-refractivity contribution is 0.0711. The fourth-order valence-electron chi connectivity index (χ4n) is 1.92. The van der Waals surface area contributed by atoms with Gasteiger partial charge in [0.05, 0.1) is 23.2 Å². The third-order valence-corrected chi connectivity index (χ3v) is 3.42. The summed E-state index contributed by atoms with van der Waals surface area (Å²) in [4.78, 5) is 18.1. The summed E-state index contributed by atoms with van der Waals surface area (Å²) in [6, 6.07) is 1.79. The summed E-state index contributed by atoms with van der Waals surface area (Å²) in [5.74, 6) is 0.522. The molecule has 6 heteroatoms. The maximum atomic E-state index is 12.4. The van der Waals surface area contributed by atoms with Crippen LogP contribution in [0.1, 0.15) is 16.8 Å². The number of rotatable bonds is 3. The number of pyridine rings is 1. The molecular weight excluding hydrogens is 254 g/mol. The van der Waals surface area contributed by atoms with Crippen molar-refractivity contribution in [3.05, 3.63) is 22.8 Å². The van der Waals surface area contributed by atoms with E-state index < -0.39 is 0 Å². The molecule has 1 aliphatic heterocycles. The average Bonchev–Trinajstić information content (AvgIpc) is 2.91. The zero-order chi connectivity index (χ0) is 13.1. The SMILES string of the molecule is CNc1cc(C(=O)N(C)C2CCOC2)c(Cl)cn1. The van der Waals surface area contributed by atoms with Crippen LogP contribution in [0.3, 0.4) is 0 Å². The van der Waals surface area contributed by atoms with Crippen LogP contribution in [0, 0.1) is 0 Å². The van der Waals surface area contributed by atoms with Crippen molar-refractivity contribution in [3.8, 4) is 0 Å². The normalized spacial score (nSPS) is 18.7. The highest BCUT2D eigenvalue weighted by Gasteiger charge is 2.26. The molecule has 1 amide bonds. The molecule has 2 heterocycles. The predicted molar refractivity (Wildman–Crippen MR) is 70.1 cm³/mol. The van der Waals surface area contributed by atoms with Crippen LogP contribution in [-0.4, -0.2) is 49.1 Å². The maximum absolute atomic E-state index is 12.4. The molecule has 1 atom stereocenters. The first kappa shape index (κ1) is 13.1. The minimum absolute atomic E-state index is 0.102. The number of amides is 1. The van der Waals surface area contributed by atoms with E-state index in [1.165, 1.54) is 6.20 Å². The average molecular weight is 270 g/mol. The van der Waals surface area contributed by atoms with Gasteiger partial charge in [-0.3, -0.25) is 4.79 Å². The predicted octanol–water partition coefficient (Wildman–Crippen LogP) is 1.64. The van der Waals surface area contributed by atoms with E-state index in [2.05, 4.69) is 10.3 Å². The number of ether oxygens (including phenoxy) is 1. The standard InChI is InChI=1S/C12H16ClN3O2/c1-14-11-5-9(10(13)6-15-11)12(17)16(2)8-3-4-18-7-8/h5-6,8H,3-4,7H2,1-2H3,(H,14,15). The van der Waals surface area contributed by atoms with Crippen LogP contribution >= 0.6 is 11.6 Å². The van der Waals surface area contributed by atoms with Gasteiger partial charge >= 0.3 is 0 Å². The van der Waals surface area contributed by atoms with Crippen molar-refractivity contribution in [2.45, 2.75) is 12.5 Å². The highest BCUT2D eigenvalue weighted by Crippen LogP contribution is 2.21. The van der Waals surface area contributed by atoms with Crippen LogP contribution in [0.4, 0.5) is 5.82 Å². The summed E-state index contributed by atoms with van der Waals surface area (Å²) in [5.41, 5.74) is 0.463. The second-order valence-corrected chi connectivity index (χ2v) is 4.64. The number of carbonyl (C=O) groups excluding carboxylic acids is 1. The zero-order valence-corrected chi connectivity index (χ0v) is 11.2. The Morgan fingerprint density at radius 2 is 2.44 bits per heavy atom. The van der Waals surface area contributed by atoms with E-state index in [0.717, 1.165) is 6.42 Å². The van der Waals surface area contributed by atoms with Crippen LogP contribution in [0.15, 0.2) is 12.3 Å². The summed E-state index contributed by atoms with van der Waals surface area (Å²) < 4.78 is 5.29. The molecule has 1 fully saturated rings. The van der Waals surface area contributed by atoms with Crippen LogP contribution in [0.2, 0.25) is 5.02 Å². The minimum atomic E-state index is -0.102. The van der Waals surface area contributed by atoms with Crippen molar-refractivity contribution in [2.75, 3.05) is 32.6 Å². The molecule has 1 aromatic heterocycles. The third-order valence-electron chi connectivity index (χ3n) is 3.12. The van der Waals surface area contributed by atoms with Gasteiger partial charge in [0, 0.05) is 26.9 Å². The topological polar surface area (TPSA) is 54.5 Å². The van der Waals surface area contributed by atoms with Crippen LogP contribution < -0.4 is 5.32 Å². The second-order valence-electron chi connectivity index (χ2n) is 4.23. The molecule has 0 bridgehead atoms. The van der Waals surface area contributed by atoms with E-state index in [1.807, 2.05) is 0 Å². The maximum Gasteiger partial charge on any atom is 0.255 e. The van der Waals surface area contributed by atoms with Crippen LogP contribution in [0.5, 0.6) is 0 Å². The van der Waals surface area contributed by atoms with Gasteiger partial charge in [0.15, 0.2) is 0 Å². The fourth-order valence-corrected chi connectivity index (χ4v) is 2.11. The molecule has 0 saturated carbocycles. The molecule has 0 radical (unpaired) electrons. The van der Waals surface area contributed by atoms with Crippen molar-refractivity contribution < 1.29 is 9.53 Å². The quantitative estimate of drug-likeness (QED) is 0.906. The Morgan fingerprint density at radius 3 is 3.06 bits per heavy atom. The Morgan fingerprint density at radius 1 is 1.67 bits per heavy atom. The fraction of sp³-hybridized carbons (Fsp3) is 0.500. The van der Waals surface area contributed by atoms with Crippen molar-refractivity contribution in [1.82, 2.24) is 9.88 Å². The number of hydrogen-bond acceptors (Lipinski definition) is 4. The van der Waals surface area contributed by atoms with Gasteiger partial charge in [-0.1, -0.05) is 11.6 Å². The van der Waals surface area contributed by atoms with E-state index >= 15 is 0 Å². The number of nitrogens with zero attached hydrogens (tertiary/aromatic N) is 2. The lowest BCUT2D eigenvalue weighted by Crippen LogP contribution is -2.37. The number of anilines is 1. The summed E-state index contributed by atoms with van der Waals surface area (Å²) in [6.07, 6.45) is 2.35. The number of likely N-dealkylation sites (N-methyl/N-ethyl adjacent to an activating group) is 1. The molecule has 0 aliphatic carbocycles. The van der Waals surface area contributed by atoms with E-state index in [-0.39, 0.29) is 11.9 Å². The van der Waals surface area contributed by atoms with E-state index in [4.69, 9.17) is 16.3 Å². The van der Waals surface area contributed by atoms with Gasteiger partial charge in [0.1, 0.15) is 5.82 Å².